The molecule has 1 fully saturated rings. The fourth-order valence-corrected chi connectivity index (χ4v) is 2.28. The van der Waals surface area contributed by atoms with Crippen molar-refractivity contribution in [3.8, 4) is 0 Å². The first kappa shape index (κ1) is 8.05. The smallest absolute Gasteiger partial charge is 0.185 e. The van der Waals surface area contributed by atoms with Crippen LogP contribution >= 0.6 is 11.3 Å². The molecule has 0 saturated carbocycles. The van der Waals surface area contributed by atoms with Crippen molar-refractivity contribution >= 4 is 16.5 Å². The maximum Gasteiger partial charge on any atom is 0.185 e. The van der Waals surface area contributed by atoms with Gasteiger partial charge in [-0.15, -0.1) is 11.3 Å². The lowest BCUT2D eigenvalue weighted by Crippen LogP contribution is -2.29. The van der Waals surface area contributed by atoms with Crippen LogP contribution in [0.25, 0.3) is 0 Å². The molecular weight excluding hydrogens is 168 g/mol. The standard InChI is InChI=1S/C9H12N2S/c1-8-7-12-9(10-8)11-5-3-2-4-6-11/h1,7H,2-6H2. The molecule has 0 spiro atoms. The van der Waals surface area contributed by atoms with E-state index in [2.05, 4.69) is 9.88 Å². The van der Waals surface area contributed by atoms with Gasteiger partial charge in [-0.2, -0.15) is 0 Å². The molecule has 0 unspecified atom stereocenters. The highest BCUT2D eigenvalue weighted by Crippen LogP contribution is 2.23. The number of hydrogen-bond donors (Lipinski definition) is 0. The lowest BCUT2D eigenvalue weighted by Gasteiger charge is -2.25. The van der Waals surface area contributed by atoms with E-state index in [0.29, 0.717) is 5.69 Å². The van der Waals surface area contributed by atoms with Gasteiger partial charge in [0.2, 0.25) is 0 Å². The molecule has 0 aromatic carbocycles. The SMILES string of the molecule is [CH]c1csc(N2CCCCC2)n1. The summed E-state index contributed by atoms with van der Waals surface area (Å²) < 4.78 is 0. The van der Waals surface area contributed by atoms with E-state index >= 15 is 0 Å². The summed E-state index contributed by atoms with van der Waals surface area (Å²) in [6, 6.07) is 0. The molecule has 1 saturated heterocycles. The summed E-state index contributed by atoms with van der Waals surface area (Å²) in [6.45, 7) is 7.85. The molecule has 2 rings (SSSR count). The van der Waals surface area contributed by atoms with E-state index in [4.69, 9.17) is 6.92 Å². The van der Waals surface area contributed by atoms with Gasteiger partial charge in [-0.25, -0.2) is 4.98 Å². The minimum Gasteiger partial charge on any atom is -0.348 e. The van der Waals surface area contributed by atoms with E-state index < -0.39 is 0 Å². The summed E-state index contributed by atoms with van der Waals surface area (Å²) >= 11 is 1.65. The van der Waals surface area contributed by atoms with Crippen LogP contribution in [-0.4, -0.2) is 18.1 Å². The van der Waals surface area contributed by atoms with Crippen LogP contribution in [0.5, 0.6) is 0 Å². The minimum absolute atomic E-state index is 0.653. The summed E-state index contributed by atoms with van der Waals surface area (Å²) in [6.07, 6.45) is 3.94. The van der Waals surface area contributed by atoms with E-state index in [1.807, 2.05) is 5.38 Å². The number of thiazole rings is 1. The predicted octanol–water partition coefficient (Wildman–Crippen LogP) is 2.19. The van der Waals surface area contributed by atoms with Gasteiger partial charge < -0.3 is 4.90 Å². The van der Waals surface area contributed by atoms with Crippen molar-refractivity contribution < 1.29 is 0 Å². The fraction of sp³-hybridized carbons (Fsp3) is 0.556. The Morgan fingerprint density at radius 1 is 1.33 bits per heavy atom. The highest BCUT2D eigenvalue weighted by atomic mass is 32.1. The number of nitrogens with zero attached hydrogens (tertiary/aromatic N) is 2. The Balaban J connectivity index is 2.08. The Hall–Kier alpha value is -0.570. The minimum atomic E-state index is 0.653. The van der Waals surface area contributed by atoms with Gasteiger partial charge in [-0.1, -0.05) is 0 Å². The summed E-state index contributed by atoms with van der Waals surface area (Å²) in [7, 11) is 0. The van der Waals surface area contributed by atoms with Crippen molar-refractivity contribution in [1.82, 2.24) is 4.98 Å². The van der Waals surface area contributed by atoms with Crippen LogP contribution in [0.2, 0.25) is 0 Å². The monoisotopic (exact) mass is 180 g/mol. The summed E-state index contributed by atoms with van der Waals surface area (Å²) in [4.78, 5) is 6.58. The molecule has 1 aromatic heterocycles. The molecule has 12 heavy (non-hydrogen) atoms. The van der Waals surface area contributed by atoms with Gasteiger partial charge in [0.05, 0.1) is 5.69 Å². The van der Waals surface area contributed by atoms with Crippen LogP contribution in [0.3, 0.4) is 0 Å². The van der Waals surface area contributed by atoms with Gasteiger partial charge in [0.25, 0.3) is 0 Å². The van der Waals surface area contributed by atoms with Gasteiger partial charge in [-0.05, 0) is 19.3 Å². The van der Waals surface area contributed by atoms with Crippen molar-refractivity contribution in [3.63, 3.8) is 0 Å². The first-order valence-electron chi connectivity index (χ1n) is 4.32. The van der Waals surface area contributed by atoms with Crippen LogP contribution in [0.4, 0.5) is 5.13 Å². The predicted molar refractivity (Wildman–Crippen MR) is 51.6 cm³/mol. The molecule has 1 aromatic rings. The van der Waals surface area contributed by atoms with E-state index in [1.165, 1.54) is 19.3 Å². The Bertz CT molecular complexity index is 251. The molecule has 0 bridgehead atoms. The normalized spacial score (nSPS) is 18.2. The zero-order valence-electron chi connectivity index (χ0n) is 6.99. The second-order valence-corrected chi connectivity index (χ2v) is 3.94. The molecule has 0 aliphatic carbocycles. The molecule has 2 heterocycles. The number of anilines is 1. The van der Waals surface area contributed by atoms with Gasteiger partial charge in [0.1, 0.15) is 0 Å². The van der Waals surface area contributed by atoms with Crippen molar-refractivity contribution in [2.75, 3.05) is 18.0 Å². The maximum absolute atomic E-state index is 5.56. The Labute approximate surface area is 77.2 Å². The van der Waals surface area contributed by atoms with Crippen molar-refractivity contribution in [3.05, 3.63) is 18.0 Å². The van der Waals surface area contributed by atoms with Crippen LogP contribution < -0.4 is 4.90 Å². The van der Waals surface area contributed by atoms with E-state index in [0.717, 1.165) is 18.2 Å². The Kier molecular flexibility index (Phi) is 2.30. The molecule has 2 radical (unpaired) electrons. The van der Waals surface area contributed by atoms with Crippen molar-refractivity contribution in [2.24, 2.45) is 0 Å². The maximum atomic E-state index is 5.56. The summed E-state index contributed by atoms with van der Waals surface area (Å²) in [5.41, 5.74) is 0.653. The van der Waals surface area contributed by atoms with Gasteiger partial charge in [0.15, 0.2) is 5.13 Å². The molecule has 0 N–H and O–H groups in total. The van der Waals surface area contributed by atoms with Crippen molar-refractivity contribution in [2.45, 2.75) is 19.3 Å². The second kappa shape index (κ2) is 3.44. The first-order valence-corrected chi connectivity index (χ1v) is 5.20. The average molecular weight is 180 g/mol. The molecule has 64 valence electrons. The highest BCUT2D eigenvalue weighted by Gasteiger charge is 2.12. The van der Waals surface area contributed by atoms with E-state index in [1.54, 1.807) is 11.3 Å². The molecule has 3 heteroatoms. The van der Waals surface area contributed by atoms with Crippen LogP contribution in [0, 0.1) is 6.92 Å². The molecule has 1 aliphatic rings. The largest absolute Gasteiger partial charge is 0.348 e. The quantitative estimate of drug-likeness (QED) is 0.658. The number of rotatable bonds is 1. The topological polar surface area (TPSA) is 16.1 Å². The highest BCUT2D eigenvalue weighted by molar-refractivity contribution is 7.13. The van der Waals surface area contributed by atoms with Crippen LogP contribution in [0.15, 0.2) is 5.38 Å². The van der Waals surface area contributed by atoms with Gasteiger partial charge in [-0.3, -0.25) is 0 Å². The average Bonchev–Trinajstić information content (AvgIpc) is 2.54. The molecule has 2 nitrogen and oxygen atoms in total. The zero-order chi connectivity index (χ0) is 8.39. The van der Waals surface area contributed by atoms with Crippen molar-refractivity contribution in [1.29, 1.82) is 0 Å². The Morgan fingerprint density at radius 2 is 2.08 bits per heavy atom. The van der Waals surface area contributed by atoms with E-state index in [-0.39, 0.29) is 0 Å². The Morgan fingerprint density at radius 3 is 2.67 bits per heavy atom. The number of hydrogen-bond acceptors (Lipinski definition) is 3. The van der Waals surface area contributed by atoms with E-state index in [9.17, 15) is 0 Å². The number of piperidine rings is 1. The lowest BCUT2D eigenvalue weighted by atomic mass is 10.1. The summed E-state index contributed by atoms with van der Waals surface area (Å²) in [5.74, 6) is 0. The van der Waals surface area contributed by atoms with Crippen LogP contribution in [-0.2, 0) is 0 Å². The second-order valence-electron chi connectivity index (χ2n) is 3.10. The van der Waals surface area contributed by atoms with Gasteiger partial charge >= 0.3 is 0 Å². The summed E-state index contributed by atoms with van der Waals surface area (Å²) in [5, 5.41) is 3.00. The lowest BCUT2D eigenvalue weighted by molar-refractivity contribution is 0.577. The molecular formula is C9H12N2S. The third-order valence-electron chi connectivity index (χ3n) is 2.14. The zero-order valence-corrected chi connectivity index (χ0v) is 7.81. The molecule has 1 aliphatic heterocycles. The third-order valence-corrected chi connectivity index (χ3v) is 3.06. The van der Waals surface area contributed by atoms with Crippen LogP contribution in [0.1, 0.15) is 25.0 Å². The third kappa shape index (κ3) is 1.61. The molecule has 0 atom stereocenters. The fourth-order valence-electron chi connectivity index (χ4n) is 1.51. The first-order chi connectivity index (χ1) is 5.86. The number of aromatic nitrogens is 1. The molecule has 0 amide bonds. The van der Waals surface area contributed by atoms with Gasteiger partial charge in [0, 0.05) is 25.4 Å².